The molecule has 0 aromatic carbocycles. The van der Waals surface area contributed by atoms with Crippen molar-refractivity contribution in [3.05, 3.63) is 0 Å². The first kappa shape index (κ1) is 10.1. The van der Waals surface area contributed by atoms with Crippen LogP contribution in [0.5, 0.6) is 0 Å². The second kappa shape index (κ2) is 4.29. The van der Waals surface area contributed by atoms with Crippen LogP contribution >= 0.6 is 0 Å². The molecule has 0 spiro atoms. The summed E-state index contributed by atoms with van der Waals surface area (Å²) in [5, 5.41) is 0. The molecule has 0 aromatic rings. The monoisotopic (exact) mass is 180 g/mol. The summed E-state index contributed by atoms with van der Waals surface area (Å²) >= 11 is 0. The van der Waals surface area contributed by atoms with E-state index in [0.29, 0.717) is 12.5 Å². The van der Waals surface area contributed by atoms with E-state index in [0.717, 1.165) is 13.0 Å². The Morgan fingerprint density at radius 2 is 2.31 bits per heavy atom. The molecule has 0 aromatic heterocycles. The Kier molecular flexibility index (Phi) is 3.32. The quantitative estimate of drug-likeness (QED) is 0.541. The van der Waals surface area contributed by atoms with E-state index < -0.39 is 0 Å². The summed E-state index contributed by atoms with van der Waals surface area (Å²) in [6.45, 7) is 5.24. The Labute approximate surface area is 79.3 Å². The maximum atomic E-state index is 11.3. The normalized spacial score (nSPS) is 27.8. The zero-order valence-corrected chi connectivity index (χ0v) is 8.21. The third-order valence-corrected chi connectivity index (χ3v) is 2.54. The fraction of sp³-hybridized carbons (Fsp3) is 0.700. The van der Waals surface area contributed by atoms with Gasteiger partial charge in [-0.1, -0.05) is 12.8 Å². The molecular formula is C10H16N2O. The van der Waals surface area contributed by atoms with Gasteiger partial charge in [-0.2, -0.15) is 0 Å². The van der Waals surface area contributed by atoms with Crippen LogP contribution in [0.15, 0.2) is 0 Å². The molecule has 3 nitrogen and oxygen atoms in total. The molecule has 1 rings (SSSR count). The van der Waals surface area contributed by atoms with Crippen LogP contribution in [0, 0.1) is 17.8 Å². The number of rotatable bonds is 0. The van der Waals surface area contributed by atoms with E-state index in [4.69, 9.17) is 5.73 Å². The van der Waals surface area contributed by atoms with Gasteiger partial charge >= 0.3 is 0 Å². The third-order valence-electron chi connectivity index (χ3n) is 2.54. The average Bonchev–Trinajstić information content (AvgIpc) is 2.10. The van der Waals surface area contributed by atoms with Crippen molar-refractivity contribution >= 4 is 5.91 Å². The van der Waals surface area contributed by atoms with Gasteiger partial charge in [0.2, 0.25) is 0 Å². The van der Waals surface area contributed by atoms with Crippen molar-refractivity contribution in [3.63, 3.8) is 0 Å². The van der Waals surface area contributed by atoms with E-state index in [1.54, 1.807) is 11.8 Å². The molecule has 0 radical (unpaired) electrons. The number of nitrogens with two attached hydrogens (primary N) is 1. The second-order valence-electron chi connectivity index (χ2n) is 3.56. The number of nitrogens with zero attached hydrogens (tertiary/aromatic N) is 1. The summed E-state index contributed by atoms with van der Waals surface area (Å²) in [6.07, 6.45) is 0.984. The summed E-state index contributed by atoms with van der Waals surface area (Å²) in [6, 6.07) is 0.108. The standard InChI is InChI=1S/C10H16N2O/c1-3-4-10(13)12-6-5-8(2)9(11)7-12/h8-9H,5-7,11H2,1-2H3. The molecule has 0 saturated carbocycles. The summed E-state index contributed by atoms with van der Waals surface area (Å²) in [5.74, 6) is 5.56. The Morgan fingerprint density at radius 3 is 2.85 bits per heavy atom. The molecule has 1 aliphatic heterocycles. The lowest BCUT2D eigenvalue weighted by atomic mass is 9.94. The van der Waals surface area contributed by atoms with Gasteiger partial charge in [-0.15, -0.1) is 0 Å². The number of piperidine rings is 1. The average molecular weight is 180 g/mol. The van der Waals surface area contributed by atoms with Crippen molar-refractivity contribution < 1.29 is 4.79 Å². The Balaban J connectivity index is 2.53. The van der Waals surface area contributed by atoms with Gasteiger partial charge in [0.05, 0.1) is 0 Å². The van der Waals surface area contributed by atoms with Crippen LogP contribution in [0.1, 0.15) is 20.3 Å². The topological polar surface area (TPSA) is 46.3 Å². The molecule has 1 saturated heterocycles. The van der Waals surface area contributed by atoms with Gasteiger partial charge in [-0.3, -0.25) is 4.79 Å². The highest BCUT2D eigenvalue weighted by atomic mass is 16.2. The van der Waals surface area contributed by atoms with Crippen molar-refractivity contribution in [2.24, 2.45) is 11.7 Å². The highest BCUT2D eigenvalue weighted by Crippen LogP contribution is 2.14. The van der Waals surface area contributed by atoms with E-state index in [-0.39, 0.29) is 11.9 Å². The molecule has 3 heteroatoms. The molecule has 1 amide bonds. The molecular weight excluding hydrogens is 164 g/mol. The molecule has 72 valence electrons. The van der Waals surface area contributed by atoms with Gasteiger partial charge in [0, 0.05) is 19.1 Å². The van der Waals surface area contributed by atoms with E-state index in [1.807, 2.05) is 0 Å². The summed E-state index contributed by atoms with van der Waals surface area (Å²) in [7, 11) is 0. The van der Waals surface area contributed by atoms with Gasteiger partial charge in [-0.05, 0) is 25.2 Å². The number of hydrogen-bond acceptors (Lipinski definition) is 2. The Morgan fingerprint density at radius 1 is 1.62 bits per heavy atom. The summed E-state index contributed by atoms with van der Waals surface area (Å²) in [5.41, 5.74) is 5.86. The van der Waals surface area contributed by atoms with E-state index >= 15 is 0 Å². The number of carbonyl (C=O) groups is 1. The molecule has 0 bridgehead atoms. The van der Waals surface area contributed by atoms with Gasteiger partial charge in [0.1, 0.15) is 0 Å². The number of amides is 1. The van der Waals surface area contributed by atoms with Crippen molar-refractivity contribution in [1.29, 1.82) is 0 Å². The first-order valence-corrected chi connectivity index (χ1v) is 4.62. The molecule has 2 N–H and O–H groups in total. The number of likely N-dealkylation sites (tertiary alicyclic amines) is 1. The Bertz CT molecular complexity index is 251. The van der Waals surface area contributed by atoms with Gasteiger partial charge < -0.3 is 10.6 Å². The molecule has 1 aliphatic rings. The first-order valence-electron chi connectivity index (χ1n) is 4.62. The molecule has 2 atom stereocenters. The fourth-order valence-corrected chi connectivity index (χ4v) is 1.47. The van der Waals surface area contributed by atoms with Crippen LogP contribution in [0.4, 0.5) is 0 Å². The maximum absolute atomic E-state index is 11.3. The summed E-state index contributed by atoms with van der Waals surface area (Å²) < 4.78 is 0. The molecule has 1 fully saturated rings. The third kappa shape index (κ3) is 2.46. The lowest BCUT2D eigenvalue weighted by Crippen LogP contribution is -2.49. The Hall–Kier alpha value is -1.01. The van der Waals surface area contributed by atoms with Gasteiger partial charge in [0.15, 0.2) is 0 Å². The predicted octanol–water partition coefficient (Wildman–Crippen LogP) is 0.205. The SMILES string of the molecule is CC#CC(=O)N1CCC(C)C(N)C1. The number of carbonyl (C=O) groups excluding carboxylic acids is 1. The van der Waals surface area contributed by atoms with Crippen LogP contribution in [0.25, 0.3) is 0 Å². The lowest BCUT2D eigenvalue weighted by Gasteiger charge is -2.33. The number of hydrogen-bond donors (Lipinski definition) is 1. The zero-order valence-electron chi connectivity index (χ0n) is 8.21. The zero-order chi connectivity index (χ0) is 9.84. The predicted molar refractivity (Wildman–Crippen MR) is 51.8 cm³/mol. The van der Waals surface area contributed by atoms with Gasteiger partial charge in [-0.25, -0.2) is 0 Å². The van der Waals surface area contributed by atoms with Gasteiger partial charge in [0.25, 0.3) is 5.91 Å². The van der Waals surface area contributed by atoms with Crippen molar-refractivity contribution in [1.82, 2.24) is 4.90 Å². The minimum atomic E-state index is -0.0927. The minimum absolute atomic E-state index is 0.0927. The van der Waals surface area contributed by atoms with E-state index in [1.165, 1.54) is 0 Å². The van der Waals surface area contributed by atoms with Crippen LogP contribution in [0.2, 0.25) is 0 Å². The van der Waals surface area contributed by atoms with Crippen molar-refractivity contribution in [3.8, 4) is 11.8 Å². The highest BCUT2D eigenvalue weighted by Gasteiger charge is 2.25. The van der Waals surface area contributed by atoms with Crippen LogP contribution in [-0.2, 0) is 4.79 Å². The smallest absolute Gasteiger partial charge is 0.298 e. The summed E-state index contributed by atoms with van der Waals surface area (Å²) in [4.78, 5) is 13.1. The second-order valence-corrected chi connectivity index (χ2v) is 3.56. The lowest BCUT2D eigenvalue weighted by molar-refractivity contribution is -0.126. The fourth-order valence-electron chi connectivity index (χ4n) is 1.47. The van der Waals surface area contributed by atoms with E-state index in [2.05, 4.69) is 18.8 Å². The first-order chi connectivity index (χ1) is 6.15. The largest absolute Gasteiger partial charge is 0.330 e. The molecule has 13 heavy (non-hydrogen) atoms. The molecule has 0 aliphatic carbocycles. The van der Waals surface area contributed by atoms with Crippen LogP contribution in [0.3, 0.4) is 0 Å². The van der Waals surface area contributed by atoms with Crippen molar-refractivity contribution in [2.75, 3.05) is 13.1 Å². The molecule has 2 unspecified atom stereocenters. The molecule has 1 heterocycles. The highest BCUT2D eigenvalue weighted by molar-refractivity contribution is 5.93. The van der Waals surface area contributed by atoms with Crippen LogP contribution < -0.4 is 5.73 Å². The van der Waals surface area contributed by atoms with Crippen LogP contribution in [-0.4, -0.2) is 29.9 Å². The van der Waals surface area contributed by atoms with Crippen molar-refractivity contribution in [2.45, 2.75) is 26.3 Å². The maximum Gasteiger partial charge on any atom is 0.298 e. The van der Waals surface area contributed by atoms with E-state index in [9.17, 15) is 4.79 Å². The minimum Gasteiger partial charge on any atom is -0.330 e.